The number of carbonyl (C=O) groups is 3. The second-order valence-corrected chi connectivity index (χ2v) is 11.2. The number of aliphatic hydroxyl groups excluding tert-OH is 1. The Hall–Kier alpha value is -5.04. The fourth-order valence-corrected chi connectivity index (χ4v) is 5.13. The third kappa shape index (κ3) is 8.85. The zero-order valence-electron chi connectivity index (χ0n) is 26.4. The van der Waals surface area contributed by atoms with Crippen LogP contribution in [-0.2, 0) is 30.4 Å². The molecule has 0 bridgehead atoms. The van der Waals surface area contributed by atoms with Gasteiger partial charge in [0.15, 0.2) is 0 Å². The first kappa shape index (κ1) is 34.3. The minimum absolute atomic E-state index is 0.268. The predicted molar refractivity (Wildman–Crippen MR) is 176 cm³/mol. The van der Waals surface area contributed by atoms with Gasteiger partial charge in [0.25, 0.3) is 11.7 Å². The second kappa shape index (κ2) is 16.2. The quantitative estimate of drug-likeness (QED) is 0.0453. The number of anilines is 1. The van der Waals surface area contributed by atoms with E-state index in [9.17, 15) is 23.9 Å². The average molecular weight is 661 g/mol. The van der Waals surface area contributed by atoms with Crippen LogP contribution in [0.25, 0.3) is 28.1 Å². The molecular weight excluding hydrogens is 623 g/mol. The fourth-order valence-electron chi connectivity index (χ4n) is 5.13. The number of hydrogen-bond acceptors (Lipinski definition) is 9. The van der Waals surface area contributed by atoms with Gasteiger partial charge in [-0.2, -0.15) is 0 Å². The van der Waals surface area contributed by atoms with E-state index in [1.54, 1.807) is 43.4 Å². The van der Waals surface area contributed by atoms with Gasteiger partial charge < -0.3 is 39.5 Å². The van der Waals surface area contributed by atoms with Crippen LogP contribution in [-0.4, -0.2) is 74.5 Å². The molecule has 0 radical (unpaired) electrons. The number of aliphatic carboxylic acids is 1. The summed E-state index contributed by atoms with van der Waals surface area (Å²) in [6.07, 6.45) is 2.81. The summed E-state index contributed by atoms with van der Waals surface area (Å²) in [6, 6.07) is 16.4. The molecule has 1 amide bonds. The minimum atomic E-state index is -1.64. The topological polar surface area (TPSA) is 157 Å². The lowest BCUT2D eigenvalue weighted by Gasteiger charge is -2.13. The van der Waals surface area contributed by atoms with Crippen molar-refractivity contribution in [2.75, 3.05) is 51.9 Å². The van der Waals surface area contributed by atoms with Gasteiger partial charge in [0, 0.05) is 47.9 Å². The van der Waals surface area contributed by atoms with Crippen LogP contribution in [0.1, 0.15) is 45.8 Å². The normalized spacial score (nSPS) is 13.1. The van der Waals surface area contributed by atoms with Crippen molar-refractivity contribution in [2.24, 2.45) is 0 Å². The lowest BCUT2D eigenvalue weighted by Crippen LogP contribution is -2.18. The molecule has 0 atom stereocenters. The number of fused-ring (bicyclic) bond motifs is 1. The average Bonchev–Trinajstić information content (AvgIpc) is 3.87. The number of ketones is 1. The number of hydrogen-bond donors (Lipinski definition) is 4. The molecule has 1 aromatic heterocycles. The molecule has 4 aromatic rings. The number of carboxylic acids is 1. The molecular formula is C36H37FN2O9. The number of aliphatic hydroxyl groups is 1. The smallest absolute Gasteiger partial charge is 0.376 e. The highest BCUT2D eigenvalue weighted by molar-refractivity contribution is 6.38. The first-order valence-electron chi connectivity index (χ1n) is 15.6. The molecule has 1 aliphatic rings. The third-order valence-electron chi connectivity index (χ3n) is 7.74. The van der Waals surface area contributed by atoms with Crippen molar-refractivity contribution in [1.29, 1.82) is 0 Å². The van der Waals surface area contributed by atoms with Gasteiger partial charge in [0.05, 0.1) is 45.2 Å². The van der Waals surface area contributed by atoms with Crippen LogP contribution in [0, 0.1) is 5.82 Å². The summed E-state index contributed by atoms with van der Waals surface area (Å²) in [4.78, 5) is 34.7. The molecule has 1 heterocycles. The van der Waals surface area contributed by atoms with Crippen LogP contribution < -0.4 is 10.6 Å². The molecule has 1 aliphatic carbocycles. The van der Waals surface area contributed by atoms with Gasteiger partial charge in [0.2, 0.25) is 0 Å². The lowest BCUT2D eigenvalue weighted by atomic mass is 10.0. The highest BCUT2D eigenvalue weighted by atomic mass is 19.1. The first-order chi connectivity index (χ1) is 23.2. The van der Waals surface area contributed by atoms with Crippen molar-refractivity contribution >= 4 is 40.1 Å². The molecule has 0 unspecified atom stereocenters. The molecule has 0 saturated heterocycles. The van der Waals surface area contributed by atoms with Crippen LogP contribution in [0.3, 0.4) is 0 Å². The van der Waals surface area contributed by atoms with E-state index in [2.05, 4.69) is 10.6 Å². The number of benzene rings is 3. The fraction of sp³-hybridized carbons (Fsp3) is 0.306. The van der Waals surface area contributed by atoms with Crippen molar-refractivity contribution in [3.05, 3.63) is 94.8 Å². The van der Waals surface area contributed by atoms with Gasteiger partial charge in [-0.1, -0.05) is 24.3 Å². The zero-order valence-corrected chi connectivity index (χ0v) is 26.4. The number of carbonyl (C=O) groups excluding carboxylic acids is 2. The van der Waals surface area contributed by atoms with Crippen LogP contribution >= 0.6 is 0 Å². The number of amides is 1. The number of halogens is 1. The highest BCUT2D eigenvalue weighted by Gasteiger charge is 2.29. The Bertz CT molecular complexity index is 1780. The van der Waals surface area contributed by atoms with Gasteiger partial charge >= 0.3 is 5.97 Å². The van der Waals surface area contributed by atoms with E-state index in [-0.39, 0.29) is 11.7 Å². The number of furan rings is 1. The second-order valence-electron chi connectivity index (χ2n) is 11.2. The maximum atomic E-state index is 13.6. The summed E-state index contributed by atoms with van der Waals surface area (Å²) in [6.45, 7) is 2.89. The van der Waals surface area contributed by atoms with Gasteiger partial charge in [0.1, 0.15) is 22.9 Å². The molecule has 1 fully saturated rings. The van der Waals surface area contributed by atoms with Crippen LogP contribution in [0.2, 0.25) is 0 Å². The van der Waals surface area contributed by atoms with E-state index in [0.29, 0.717) is 86.2 Å². The highest BCUT2D eigenvalue weighted by Crippen LogP contribution is 2.46. The lowest BCUT2D eigenvalue weighted by molar-refractivity contribution is -0.146. The Kier molecular flexibility index (Phi) is 11.6. The minimum Gasteiger partial charge on any atom is -0.507 e. The third-order valence-corrected chi connectivity index (χ3v) is 7.74. The maximum absolute atomic E-state index is 13.6. The molecule has 3 aromatic carbocycles. The molecule has 0 spiro atoms. The molecule has 0 aliphatic heterocycles. The summed E-state index contributed by atoms with van der Waals surface area (Å²) in [5.41, 5.74) is 4.83. The monoisotopic (exact) mass is 660 g/mol. The maximum Gasteiger partial charge on any atom is 0.376 e. The number of rotatable bonds is 18. The van der Waals surface area contributed by atoms with Gasteiger partial charge in [-0.25, -0.2) is 9.18 Å². The van der Waals surface area contributed by atoms with E-state index in [0.717, 1.165) is 35.0 Å². The van der Waals surface area contributed by atoms with Crippen molar-refractivity contribution in [3.63, 3.8) is 0 Å². The molecule has 12 heteroatoms. The van der Waals surface area contributed by atoms with E-state index in [4.69, 9.17) is 23.7 Å². The summed E-state index contributed by atoms with van der Waals surface area (Å²) in [7, 11) is 1.57. The largest absolute Gasteiger partial charge is 0.507 e. The summed E-state index contributed by atoms with van der Waals surface area (Å²) in [5.74, 6) is -3.09. The Morgan fingerprint density at radius 3 is 2.23 bits per heavy atom. The molecule has 1 saturated carbocycles. The molecule has 4 N–H and O–H groups in total. The zero-order chi connectivity index (χ0) is 34.0. The molecule has 48 heavy (non-hydrogen) atoms. The van der Waals surface area contributed by atoms with Crippen molar-refractivity contribution in [2.45, 2.75) is 25.4 Å². The molecule has 5 rings (SSSR count). The van der Waals surface area contributed by atoms with Crippen LogP contribution in [0.5, 0.6) is 0 Å². The number of ether oxygens (including phenoxy) is 3. The summed E-state index contributed by atoms with van der Waals surface area (Å²) in [5, 5.41) is 25.4. The van der Waals surface area contributed by atoms with E-state index in [1.165, 1.54) is 12.1 Å². The van der Waals surface area contributed by atoms with Crippen molar-refractivity contribution < 1.29 is 47.6 Å². The van der Waals surface area contributed by atoms with Gasteiger partial charge in [-0.15, -0.1) is 0 Å². The van der Waals surface area contributed by atoms with Crippen molar-refractivity contribution in [3.8, 4) is 11.3 Å². The van der Waals surface area contributed by atoms with Crippen LogP contribution in [0.4, 0.5) is 10.1 Å². The number of carboxylic acid groups (broad SMARTS) is 1. The molecule has 11 nitrogen and oxygen atoms in total. The Morgan fingerprint density at radius 2 is 1.58 bits per heavy atom. The predicted octanol–water partition coefficient (Wildman–Crippen LogP) is 5.69. The Balaban J connectivity index is 1.04. The first-order valence-corrected chi connectivity index (χ1v) is 15.6. The Morgan fingerprint density at radius 1 is 0.917 bits per heavy atom. The van der Waals surface area contributed by atoms with Crippen molar-refractivity contribution in [1.82, 2.24) is 5.32 Å². The SMILES string of the molecule is CNC(=O)c1c(-c2ccc(F)cc2)oc2cc(NCCOCCOCCOCc3ccc(C(O)=CC(=O)C(=O)O)cc3)c(C3CC3)cc12. The standard InChI is InChI=1S/C36H37FN2O9/c1-38-35(42)33-28-18-27(23-6-7-23)29(19-32(28)48-34(33)25-8-10-26(37)11-9-25)39-12-13-45-14-15-46-16-17-47-21-22-2-4-24(5-3-22)30(40)20-31(41)36(43)44/h2-5,8-11,18-20,23,39-40H,6-7,12-17,21H2,1H3,(H,38,42)(H,43,44). The summed E-state index contributed by atoms with van der Waals surface area (Å²) >= 11 is 0. The number of nitrogens with one attached hydrogen (secondary N) is 2. The summed E-state index contributed by atoms with van der Waals surface area (Å²) < 4.78 is 36.7. The van der Waals surface area contributed by atoms with Gasteiger partial charge in [-0.05, 0) is 60.2 Å². The van der Waals surface area contributed by atoms with Crippen LogP contribution in [0.15, 0.2) is 71.2 Å². The van der Waals surface area contributed by atoms with E-state index < -0.39 is 17.5 Å². The van der Waals surface area contributed by atoms with Gasteiger partial charge in [-0.3, -0.25) is 9.59 Å². The van der Waals surface area contributed by atoms with E-state index >= 15 is 0 Å². The Labute approximate surface area is 276 Å². The molecule has 252 valence electrons. The van der Waals surface area contributed by atoms with E-state index in [1.807, 2.05) is 12.1 Å².